The lowest BCUT2D eigenvalue weighted by molar-refractivity contribution is -0.385. The Morgan fingerprint density at radius 3 is 2.56 bits per heavy atom. The van der Waals surface area contributed by atoms with E-state index in [0.29, 0.717) is 5.75 Å². The number of nitro groups is 1. The van der Waals surface area contributed by atoms with Crippen molar-refractivity contribution in [3.05, 3.63) is 41.0 Å². The number of ether oxygens (including phenoxy) is 1. The van der Waals surface area contributed by atoms with Gasteiger partial charge in [-0.2, -0.15) is 4.98 Å². The summed E-state index contributed by atoms with van der Waals surface area (Å²) in [6, 6.07) is 3.36. The Bertz CT molecular complexity index is 809. The molecule has 0 amide bonds. The van der Waals surface area contributed by atoms with E-state index in [1.807, 2.05) is 0 Å². The van der Waals surface area contributed by atoms with E-state index in [1.165, 1.54) is 12.5 Å². The molecule has 0 saturated carbocycles. The second kappa shape index (κ2) is 7.07. The Hall–Kier alpha value is -2.81. The van der Waals surface area contributed by atoms with Crippen LogP contribution in [0.2, 0.25) is 0 Å². The van der Waals surface area contributed by atoms with Gasteiger partial charge in [-0.15, -0.1) is 0 Å². The molecular formula is C18H24N6O3. The molecule has 0 aromatic carbocycles. The molecule has 0 unspecified atom stereocenters. The molecule has 144 valence electrons. The number of aromatic nitrogens is 3. The molecule has 3 rings (SSSR count). The number of hydrogen-bond donors (Lipinski definition) is 2. The topological polar surface area (TPSA) is 115 Å². The van der Waals surface area contributed by atoms with Gasteiger partial charge in [-0.1, -0.05) is 0 Å². The van der Waals surface area contributed by atoms with Crippen LogP contribution >= 0.6 is 0 Å². The molecule has 1 fully saturated rings. The molecule has 1 aliphatic heterocycles. The summed E-state index contributed by atoms with van der Waals surface area (Å²) >= 11 is 0. The van der Waals surface area contributed by atoms with Crippen molar-refractivity contribution in [2.24, 2.45) is 0 Å². The van der Waals surface area contributed by atoms with E-state index >= 15 is 0 Å². The molecule has 0 radical (unpaired) electrons. The fourth-order valence-corrected chi connectivity index (χ4v) is 3.84. The van der Waals surface area contributed by atoms with E-state index in [4.69, 9.17) is 4.74 Å². The minimum atomic E-state index is -0.522. The number of nitrogens with zero attached hydrogens (tertiary/aromatic N) is 4. The third kappa shape index (κ3) is 4.68. The second-order valence-corrected chi connectivity index (χ2v) is 8.07. The van der Waals surface area contributed by atoms with Crippen LogP contribution in [0.15, 0.2) is 30.9 Å². The molecule has 2 aromatic heterocycles. The Morgan fingerprint density at radius 1 is 1.26 bits per heavy atom. The molecule has 27 heavy (non-hydrogen) atoms. The van der Waals surface area contributed by atoms with Gasteiger partial charge in [0.15, 0.2) is 0 Å². The average Bonchev–Trinajstić information content (AvgIpc) is 2.52. The van der Waals surface area contributed by atoms with Gasteiger partial charge in [-0.25, -0.2) is 4.98 Å². The molecule has 1 saturated heterocycles. The van der Waals surface area contributed by atoms with E-state index in [0.717, 1.165) is 12.8 Å². The first-order chi connectivity index (χ1) is 12.7. The Kier molecular flexibility index (Phi) is 4.97. The number of pyridine rings is 1. The van der Waals surface area contributed by atoms with Crippen molar-refractivity contribution in [1.29, 1.82) is 0 Å². The Morgan fingerprint density at radius 2 is 1.96 bits per heavy atom. The highest BCUT2D eigenvalue weighted by Gasteiger charge is 2.39. The van der Waals surface area contributed by atoms with Crippen molar-refractivity contribution in [2.75, 3.05) is 5.32 Å². The molecule has 9 heteroatoms. The molecule has 0 atom stereocenters. The lowest BCUT2D eigenvalue weighted by Gasteiger charge is -2.46. The van der Waals surface area contributed by atoms with E-state index in [2.05, 4.69) is 53.3 Å². The third-order valence-corrected chi connectivity index (χ3v) is 4.35. The van der Waals surface area contributed by atoms with Crippen LogP contribution in [0.3, 0.4) is 0 Å². The minimum absolute atomic E-state index is 0.0242. The van der Waals surface area contributed by atoms with Crippen molar-refractivity contribution in [3.8, 4) is 11.6 Å². The van der Waals surface area contributed by atoms with Gasteiger partial charge >= 0.3 is 11.6 Å². The fraction of sp³-hybridized carbons (Fsp3) is 0.500. The zero-order chi connectivity index (χ0) is 19.7. The molecule has 0 aliphatic carbocycles. The number of rotatable bonds is 5. The van der Waals surface area contributed by atoms with Crippen LogP contribution < -0.4 is 15.4 Å². The van der Waals surface area contributed by atoms with Crippen molar-refractivity contribution in [1.82, 2.24) is 20.3 Å². The summed E-state index contributed by atoms with van der Waals surface area (Å²) in [4.78, 5) is 23.2. The summed E-state index contributed by atoms with van der Waals surface area (Å²) in [7, 11) is 0. The number of anilines is 1. The lowest BCUT2D eigenvalue weighted by Crippen LogP contribution is -2.60. The van der Waals surface area contributed by atoms with Crippen LogP contribution in [-0.4, -0.2) is 37.0 Å². The van der Waals surface area contributed by atoms with Crippen molar-refractivity contribution < 1.29 is 9.66 Å². The van der Waals surface area contributed by atoms with Gasteiger partial charge in [-0.3, -0.25) is 15.1 Å². The molecule has 1 aliphatic rings. The van der Waals surface area contributed by atoms with Crippen molar-refractivity contribution >= 4 is 11.5 Å². The summed E-state index contributed by atoms with van der Waals surface area (Å²) in [5, 5.41) is 18.5. The third-order valence-electron chi connectivity index (χ3n) is 4.35. The van der Waals surface area contributed by atoms with Crippen molar-refractivity contribution in [3.63, 3.8) is 0 Å². The molecule has 3 heterocycles. The molecule has 0 bridgehead atoms. The van der Waals surface area contributed by atoms with Gasteiger partial charge in [0.05, 0.1) is 11.1 Å². The van der Waals surface area contributed by atoms with E-state index in [-0.39, 0.29) is 34.5 Å². The van der Waals surface area contributed by atoms with Crippen LogP contribution in [0.1, 0.15) is 40.5 Å². The van der Waals surface area contributed by atoms with E-state index < -0.39 is 4.92 Å². The first-order valence-corrected chi connectivity index (χ1v) is 8.78. The molecule has 2 aromatic rings. The average molecular weight is 372 g/mol. The highest BCUT2D eigenvalue weighted by Crippen LogP contribution is 2.36. The first-order valence-electron chi connectivity index (χ1n) is 8.78. The maximum Gasteiger partial charge on any atom is 0.373 e. The smallest absolute Gasteiger partial charge is 0.373 e. The number of nitrogens with one attached hydrogen (secondary N) is 2. The van der Waals surface area contributed by atoms with Crippen LogP contribution in [0.25, 0.3) is 0 Å². The van der Waals surface area contributed by atoms with Gasteiger partial charge in [0.25, 0.3) is 0 Å². The molecular weight excluding hydrogens is 348 g/mol. The van der Waals surface area contributed by atoms with Gasteiger partial charge in [0, 0.05) is 23.3 Å². The second-order valence-electron chi connectivity index (χ2n) is 8.07. The van der Waals surface area contributed by atoms with E-state index in [9.17, 15) is 10.1 Å². The number of hydrogen-bond acceptors (Lipinski definition) is 8. The predicted octanol–water partition coefficient (Wildman–Crippen LogP) is 3.29. The standard InChI is InChI=1S/C18H24N6O3/c1-17(2)8-12(9-18(3,4)23-17)22-15-14(24(25)26)16(21-11-20-15)27-13-6-5-7-19-10-13/h5-7,10-12,23H,8-9H2,1-4H3,(H,20,21,22). The zero-order valence-electron chi connectivity index (χ0n) is 15.9. The summed E-state index contributed by atoms with van der Waals surface area (Å²) < 4.78 is 5.57. The summed E-state index contributed by atoms with van der Waals surface area (Å²) in [6.45, 7) is 8.48. The van der Waals surface area contributed by atoms with Gasteiger partial charge in [0.2, 0.25) is 5.82 Å². The quantitative estimate of drug-likeness (QED) is 0.607. The van der Waals surface area contributed by atoms with Crippen LogP contribution in [0, 0.1) is 10.1 Å². The predicted molar refractivity (Wildman–Crippen MR) is 101 cm³/mol. The van der Waals surface area contributed by atoms with Gasteiger partial charge in [0.1, 0.15) is 12.1 Å². The molecule has 0 spiro atoms. The maximum atomic E-state index is 11.7. The highest BCUT2D eigenvalue weighted by molar-refractivity contribution is 5.62. The lowest BCUT2D eigenvalue weighted by atomic mass is 9.79. The first kappa shape index (κ1) is 19.0. The maximum absolute atomic E-state index is 11.7. The Balaban J connectivity index is 1.89. The van der Waals surface area contributed by atoms with Gasteiger partial charge < -0.3 is 15.4 Å². The van der Waals surface area contributed by atoms with Crippen molar-refractivity contribution in [2.45, 2.75) is 57.7 Å². The number of piperidine rings is 1. The zero-order valence-corrected chi connectivity index (χ0v) is 15.9. The van der Waals surface area contributed by atoms with Crippen LogP contribution in [-0.2, 0) is 0 Å². The SMILES string of the molecule is CC1(C)CC(Nc2ncnc(Oc3cccnc3)c2[N+](=O)[O-])CC(C)(C)N1. The molecule has 2 N–H and O–H groups in total. The monoisotopic (exact) mass is 372 g/mol. The minimum Gasteiger partial charge on any atom is -0.432 e. The summed E-state index contributed by atoms with van der Waals surface area (Å²) in [5.74, 6) is 0.416. The van der Waals surface area contributed by atoms with Crippen LogP contribution in [0.4, 0.5) is 11.5 Å². The van der Waals surface area contributed by atoms with E-state index in [1.54, 1.807) is 18.3 Å². The largest absolute Gasteiger partial charge is 0.432 e. The highest BCUT2D eigenvalue weighted by atomic mass is 16.6. The Labute approximate surface area is 157 Å². The van der Waals surface area contributed by atoms with Gasteiger partial charge in [-0.05, 0) is 52.7 Å². The summed E-state index contributed by atoms with van der Waals surface area (Å²) in [6.07, 6.45) is 5.93. The van der Waals surface area contributed by atoms with Crippen LogP contribution in [0.5, 0.6) is 11.6 Å². The normalized spacial score (nSPS) is 18.7. The fourth-order valence-electron chi connectivity index (χ4n) is 3.84. The molecule has 9 nitrogen and oxygen atoms in total. The summed E-state index contributed by atoms with van der Waals surface area (Å²) in [5.41, 5.74) is -0.484.